The van der Waals surface area contributed by atoms with Crippen molar-refractivity contribution in [2.75, 3.05) is 21.3 Å². The topological polar surface area (TPSA) is 71.3 Å². The molecule has 2 aromatic carbocycles. The monoisotopic (exact) mass is 424 g/mol. The highest BCUT2D eigenvalue weighted by atomic mass is 16.6. The van der Waals surface area contributed by atoms with E-state index in [1.807, 2.05) is 42.1 Å². The van der Waals surface area contributed by atoms with Gasteiger partial charge in [0.1, 0.15) is 5.60 Å². The largest absolute Gasteiger partial charge is 0.493 e. The molecule has 0 atom stereocenters. The van der Waals surface area contributed by atoms with E-state index in [1.165, 1.54) is 0 Å². The van der Waals surface area contributed by atoms with Crippen LogP contribution in [0.4, 0.5) is 4.79 Å². The van der Waals surface area contributed by atoms with Gasteiger partial charge in [-0.1, -0.05) is 6.07 Å². The van der Waals surface area contributed by atoms with Gasteiger partial charge in [-0.3, -0.25) is 0 Å². The highest BCUT2D eigenvalue weighted by molar-refractivity contribution is 6.17. The number of ether oxygens (including phenoxy) is 4. The van der Waals surface area contributed by atoms with Gasteiger partial charge in [-0.2, -0.15) is 4.99 Å². The van der Waals surface area contributed by atoms with Crippen LogP contribution < -0.4 is 14.2 Å². The summed E-state index contributed by atoms with van der Waals surface area (Å²) in [5.74, 6) is 1.40. The summed E-state index contributed by atoms with van der Waals surface area (Å²) in [5, 5.41) is 1.03. The molecule has 1 heterocycles. The number of carbonyl (C=O) groups is 1. The third-order valence-electron chi connectivity index (χ3n) is 4.69. The first-order valence-corrected chi connectivity index (χ1v) is 9.84. The zero-order valence-electron chi connectivity index (χ0n) is 19.0. The Balaban J connectivity index is 2.21. The molecule has 1 aromatic heterocycles. The molecule has 7 heteroatoms. The van der Waals surface area contributed by atoms with Gasteiger partial charge < -0.3 is 23.5 Å². The van der Waals surface area contributed by atoms with Crippen LogP contribution in [0.1, 0.15) is 31.9 Å². The first kappa shape index (κ1) is 22.2. The van der Waals surface area contributed by atoms with Crippen LogP contribution in [0.3, 0.4) is 0 Å². The van der Waals surface area contributed by atoms with Crippen molar-refractivity contribution in [3.8, 4) is 17.2 Å². The maximum atomic E-state index is 12.6. The number of aromatic nitrogens is 1. The first-order chi connectivity index (χ1) is 14.7. The average Bonchev–Trinajstić information content (AvgIpc) is 3.09. The van der Waals surface area contributed by atoms with Crippen LogP contribution in [0.2, 0.25) is 0 Å². The van der Waals surface area contributed by atoms with E-state index in [0.29, 0.717) is 28.5 Å². The fourth-order valence-corrected chi connectivity index (χ4v) is 3.32. The second-order valence-corrected chi connectivity index (χ2v) is 8.06. The van der Waals surface area contributed by atoms with Crippen LogP contribution in [-0.2, 0) is 11.8 Å². The normalized spacial score (nSPS) is 12.0. The summed E-state index contributed by atoms with van der Waals surface area (Å²) in [7, 11) is 6.61. The molecule has 3 rings (SSSR count). The number of benzene rings is 2. The molecule has 0 N–H and O–H groups in total. The molecule has 0 bridgehead atoms. The Morgan fingerprint density at radius 2 is 1.55 bits per heavy atom. The number of methoxy groups -OCH3 is 3. The molecule has 0 spiro atoms. The van der Waals surface area contributed by atoms with Crippen molar-refractivity contribution in [2.45, 2.75) is 26.4 Å². The number of hydrogen-bond donors (Lipinski definition) is 0. The SMILES string of the molecule is COc1cc(/C(=N\C(=O)OC(C)(C)C)c2ccc3c(ccn3C)c2)cc(OC)c1OC. The first-order valence-electron chi connectivity index (χ1n) is 9.84. The van der Waals surface area contributed by atoms with Gasteiger partial charge in [-0.15, -0.1) is 0 Å². The van der Waals surface area contributed by atoms with Gasteiger partial charge in [0.15, 0.2) is 11.5 Å². The zero-order valence-corrected chi connectivity index (χ0v) is 19.0. The number of rotatable bonds is 5. The number of hydrogen-bond acceptors (Lipinski definition) is 5. The second-order valence-electron chi connectivity index (χ2n) is 8.06. The lowest BCUT2D eigenvalue weighted by Gasteiger charge is -2.19. The smallest absolute Gasteiger partial charge is 0.434 e. The van der Waals surface area contributed by atoms with E-state index < -0.39 is 11.7 Å². The van der Waals surface area contributed by atoms with Crippen molar-refractivity contribution >= 4 is 22.7 Å². The summed E-state index contributed by atoms with van der Waals surface area (Å²) in [6.07, 6.45) is 1.31. The summed E-state index contributed by atoms with van der Waals surface area (Å²) in [4.78, 5) is 16.9. The molecule has 0 saturated carbocycles. The number of aryl methyl sites for hydroxylation is 1. The molecular formula is C24H28N2O5. The van der Waals surface area contributed by atoms with Gasteiger partial charge in [0.2, 0.25) is 5.75 Å². The van der Waals surface area contributed by atoms with E-state index in [2.05, 4.69) is 4.99 Å². The van der Waals surface area contributed by atoms with Crippen molar-refractivity contribution in [2.24, 2.45) is 12.0 Å². The van der Waals surface area contributed by atoms with Crippen LogP contribution in [0.25, 0.3) is 10.9 Å². The van der Waals surface area contributed by atoms with E-state index in [0.717, 1.165) is 16.5 Å². The summed E-state index contributed by atoms with van der Waals surface area (Å²) in [6, 6.07) is 11.4. The van der Waals surface area contributed by atoms with Gasteiger partial charge >= 0.3 is 6.09 Å². The Hall–Kier alpha value is -3.48. The molecular weight excluding hydrogens is 396 g/mol. The van der Waals surface area contributed by atoms with Crippen molar-refractivity contribution in [1.82, 2.24) is 4.57 Å². The standard InChI is InChI=1S/C24H28N2O5/c1-24(2,3)31-23(27)25-21(16-8-9-18-15(12-16)10-11-26(18)4)17-13-19(28-5)22(30-7)20(14-17)29-6/h8-14H,1-7H3/b25-21-. The van der Waals surface area contributed by atoms with E-state index >= 15 is 0 Å². The molecule has 7 nitrogen and oxygen atoms in total. The van der Waals surface area contributed by atoms with Gasteiger partial charge in [-0.05, 0) is 51.1 Å². The molecule has 0 aliphatic rings. The quantitative estimate of drug-likeness (QED) is 0.541. The summed E-state index contributed by atoms with van der Waals surface area (Å²) < 4.78 is 23.9. The van der Waals surface area contributed by atoms with Gasteiger partial charge in [0, 0.05) is 35.3 Å². The lowest BCUT2D eigenvalue weighted by molar-refractivity contribution is 0.0604. The van der Waals surface area contributed by atoms with E-state index in [-0.39, 0.29) is 0 Å². The van der Waals surface area contributed by atoms with Gasteiger partial charge in [0.05, 0.1) is 27.0 Å². The molecule has 164 valence electrons. The van der Waals surface area contributed by atoms with Crippen molar-refractivity contribution in [3.63, 3.8) is 0 Å². The Labute approximate surface area is 182 Å². The number of nitrogens with zero attached hydrogens (tertiary/aromatic N) is 2. The highest BCUT2D eigenvalue weighted by Gasteiger charge is 2.21. The summed E-state index contributed by atoms with van der Waals surface area (Å²) in [6.45, 7) is 5.40. The molecule has 0 aliphatic heterocycles. The minimum atomic E-state index is -0.676. The Morgan fingerprint density at radius 3 is 2.10 bits per heavy atom. The van der Waals surface area contributed by atoms with Crippen molar-refractivity contribution in [1.29, 1.82) is 0 Å². The van der Waals surface area contributed by atoms with Crippen molar-refractivity contribution in [3.05, 3.63) is 53.7 Å². The Bertz CT molecular complexity index is 1110. The molecule has 0 unspecified atom stereocenters. The number of fused-ring (bicyclic) bond motifs is 1. The average molecular weight is 424 g/mol. The number of amides is 1. The zero-order chi connectivity index (χ0) is 22.8. The number of carbonyl (C=O) groups excluding carboxylic acids is 1. The third-order valence-corrected chi connectivity index (χ3v) is 4.69. The van der Waals surface area contributed by atoms with Gasteiger partial charge in [0.25, 0.3) is 0 Å². The third kappa shape index (κ3) is 4.82. The summed E-state index contributed by atoms with van der Waals surface area (Å²) in [5.41, 5.74) is 2.25. The van der Waals surface area contributed by atoms with Crippen LogP contribution >= 0.6 is 0 Å². The fraction of sp³-hybridized carbons (Fsp3) is 0.333. The molecule has 0 aliphatic carbocycles. The van der Waals surface area contributed by atoms with Gasteiger partial charge in [-0.25, -0.2) is 4.79 Å². The lowest BCUT2D eigenvalue weighted by Crippen LogP contribution is -2.23. The fourth-order valence-electron chi connectivity index (χ4n) is 3.32. The van der Waals surface area contributed by atoms with E-state index in [9.17, 15) is 4.79 Å². The van der Waals surface area contributed by atoms with Crippen LogP contribution in [0, 0.1) is 0 Å². The van der Waals surface area contributed by atoms with Crippen molar-refractivity contribution < 1.29 is 23.7 Å². The molecule has 0 radical (unpaired) electrons. The molecule has 0 fully saturated rings. The lowest BCUT2D eigenvalue weighted by atomic mass is 10.00. The minimum Gasteiger partial charge on any atom is -0.493 e. The number of aliphatic imine (C=N–C) groups is 1. The van der Waals surface area contributed by atoms with E-state index in [1.54, 1.807) is 54.2 Å². The highest BCUT2D eigenvalue weighted by Crippen LogP contribution is 2.39. The Morgan fingerprint density at radius 1 is 0.903 bits per heavy atom. The van der Waals surface area contributed by atoms with E-state index in [4.69, 9.17) is 18.9 Å². The molecule has 1 amide bonds. The predicted octanol–water partition coefficient (Wildman–Crippen LogP) is 4.98. The molecule has 0 saturated heterocycles. The van der Waals surface area contributed by atoms with Crippen LogP contribution in [0.15, 0.2) is 47.6 Å². The maximum Gasteiger partial charge on any atom is 0.434 e. The van der Waals surface area contributed by atoms with Crippen LogP contribution in [0.5, 0.6) is 17.2 Å². The molecule has 31 heavy (non-hydrogen) atoms. The Kier molecular flexibility index (Phi) is 6.24. The molecule has 3 aromatic rings. The van der Waals surface area contributed by atoms with Crippen LogP contribution in [-0.4, -0.2) is 43.3 Å². The maximum absolute atomic E-state index is 12.6. The predicted molar refractivity (Wildman–Crippen MR) is 121 cm³/mol. The minimum absolute atomic E-state index is 0.444. The second kappa shape index (κ2) is 8.71. The summed E-state index contributed by atoms with van der Waals surface area (Å²) >= 11 is 0.